The van der Waals surface area contributed by atoms with Gasteiger partial charge in [0, 0.05) is 13.0 Å². The Bertz CT molecular complexity index is 560. The molecule has 1 aliphatic rings. The number of carbonyl (C=O) groups excluding carboxylic acids is 1. The van der Waals surface area contributed by atoms with Crippen molar-refractivity contribution in [2.75, 3.05) is 13.7 Å². The van der Waals surface area contributed by atoms with Crippen LogP contribution in [0.1, 0.15) is 52.2 Å². The first-order valence-corrected chi connectivity index (χ1v) is 9.02. The van der Waals surface area contributed by atoms with E-state index in [1.54, 1.807) is 11.9 Å². The van der Waals surface area contributed by atoms with Gasteiger partial charge in [-0.05, 0) is 39.2 Å². The van der Waals surface area contributed by atoms with Gasteiger partial charge in [0.05, 0.1) is 24.9 Å². The van der Waals surface area contributed by atoms with Gasteiger partial charge in [0.1, 0.15) is 0 Å². The standard InChI is InChI=1S/C20H31NO4/c1-14(11-12-17-13-24-20(3,4)25-17)19(23)21(5)15(2)18(22)16-9-7-6-8-10-16/h6-10,14-15,17-18,22H,11-13H2,1-5H3/t14-,15+,17+,18-/m0/s1. The Kier molecular flexibility index (Phi) is 6.60. The molecule has 1 saturated heterocycles. The normalized spacial score (nSPS) is 23.0. The number of rotatable bonds is 7. The predicted molar refractivity (Wildman–Crippen MR) is 96.9 cm³/mol. The lowest BCUT2D eigenvalue weighted by atomic mass is 9.98. The van der Waals surface area contributed by atoms with Crippen LogP contribution in [0, 0.1) is 5.92 Å². The smallest absolute Gasteiger partial charge is 0.225 e. The fourth-order valence-corrected chi connectivity index (χ4v) is 3.15. The third kappa shape index (κ3) is 5.27. The van der Waals surface area contributed by atoms with E-state index in [0.717, 1.165) is 18.4 Å². The van der Waals surface area contributed by atoms with Crippen LogP contribution in [0.25, 0.3) is 0 Å². The summed E-state index contributed by atoms with van der Waals surface area (Å²) < 4.78 is 11.4. The summed E-state index contributed by atoms with van der Waals surface area (Å²) in [7, 11) is 1.76. The predicted octanol–water partition coefficient (Wildman–Crippen LogP) is 3.13. The highest BCUT2D eigenvalue weighted by molar-refractivity contribution is 5.78. The van der Waals surface area contributed by atoms with E-state index in [1.165, 1.54) is 0 Å². The van der Waals surface area contributed by atoms with Gasteiger partial charge in [0.2, 0.25) is 5.91 Å². The van der Waals surface area contributed by atoms with Gasteiger partial charge >= 0.3 is 0 Å². The van der Waals surface area contributed by atoms with Crippen LogP contribution in [0.4, 0.5) is 0 Å². The summed E-state index contributed by atoms with van der Waals surface area (Å²) in [6.07, 6.45) is 0.874. The minimum atomic E-state index is -0.699. The maximum Gasteiger partial charge on any atom is 0.225 e. The fourth-order valence-electron chi connectivity index (χ4n) is 3.15. The van der Waals surface area contributed by atoms with E-state index in [4.69, 9.17) is 9.47 Å². The molecule has 1 aliphatic heterocycles. The van der Waals surface area contributed by atoms with Crippen molar-refractivity contribution in [3.63, 3.8) is 0 Å². The first-order chi connectivity index (χ1) is 11.7. The summed E-state index contributed by atoms with van der Waals surface area (Å²) in [6.45, 7) is 8.19. The Labute approximate surface area is 150 Å². The molecular weight excluding hydrogens is 318 g/mol. The van der Waals surface area contributed by atoms with Crippen molar-refractivity contribution >= 4 is 5.91 Å². The van der Waals surface area contributed by atoms with Gasteiger partial charge < -0.3 is 19.5 Å². The summed E-state index contributed by atoms with van der Waals surface area (Å²) >= 11 is 0. The summed E-state index contributed by atoms with van der Waals surface area (Å²) in [5, 5.41) is 10.5. The molecule has 0 unspecified atom stereocenters. The number of aliphatic hydroxyl groups is 1. The van der Waals surface area contributed by atoms with Gasteiger partial charge in [0.25, 0.3) is 0 Å². The molecule has 2 rings (SSSR count). The molecule has 25 heavy (non-hydrogen) atoms. The fraction of sp³-hybridized carbons (Fsp3) is 0.650. The molecule has 0 saturated carbocycles. The summed E-state index contributed by atoms with van der Waals surface area (Å²) in [5.74, 6) is -0.605. The third-order valence-electron chi connectivity index (χ3n) is 4.97. The maximum absolute atomic E-state index is 12.7. The first kappa shape index (κ1) is 19.9. The Balaban J connectivity index is 1.85. The van der Waals surface area contributed by atoms with E-state index in [0.29, 0.717) is 6.61 Å². The monoisotopic (exact) mass is 349 g/mol. The summed E-state index contributed by atoms with van der Waals surface area (Å²) in [4.78, 5) is 14.3. The van der Waals surface area contributed by atoms with Crippen molar-refractivity contribution in [1.29, 1.82) is 0 Å². The molecule has 5 nitrogen and oxygen atoms in total. The zero-order chi connectivity index (χ0) is 18.6. The molecule has 1 fully saturated rings. The van der Waals surface area contributed by atoms with Crippen molar-refractivity contribution in [1.82, 2.24) is 4.90 Å². The molecule has 1 aromatic carbocycles. The molecule has 140 valence electrons. The number of likely N-dealkylation sites (N-methyl/N-ethyl adjacent to an activating group) is 1. The average molecular weight is 349 g/mol. The van der Waals surface area contributed by atoms with E-state index >= 15 is 0 Å². The van der Waals surface area contributed by atoms with Crippen LogP contribution in [0.2, 0.25) is 0 Å². The van der Waals surface area contributed by atoms with Crippen LogP contribution < -0.4 is 0 Å². The Morgan fingerprint density at radius 1 is 1.32 bits per heavy atom. The molecule has 4 atom stereocenters. The third-order valence-corrected chi connectivity index (χ3v) is 4.97. The molecule has 1 amide bonds. The van der Waals surface area contributed by atoms with Crippen molar-refractivity contribution in [2.45, 2.75) is 64.6 Å². The second-order valence-electron chi connectivity index (χ2n) is 7.47. The van der Waals surface area contributed by atoms with E-state index < -0.39 is 11.9 Å². The van der Waals surface area contributed by atoms with Gasteiger partial charge in [0.15, 0.2) is 5.79 Å². The number of nitrogens with zero attached hydrogens (tertiary/aromatic N) is 1. The summed E-state index contributed by atoms with van der Waals surface area (Å²) in [5.41, 5.74) is 0.820. The number of benzene rings is 1. The van der Waals surface area contributed by atoms with E-state index in [2.05, 4.69) is 0 Å². The largest absolute Gasteiger partial charge is 0.386 e. The molecule has 0 bridgehead atoms. The van der Waals surface area contributed by atoms with Crippen LogP contribution in [0.15, 0.2) is 30.3 Å². The van der Waals surface area contributed by atoms with Crippen molar-refractivity contribution < 1.29 is 19.4 Å². The van der Waals surface area contributed by atoms with Crippen LogP contribution in [0.3, 0.4) is 0 Å². The molecule has 1 heterocycles. The summed E-state index contributed by atoms with van der Waals surface area (Å²) in [6, 6.07) is 9.15. The van der Waals surface area contributed by atoms with Crippen LogP contribution >= 0.6 is 0 Å². The lowest BCUT2D eigenvalue weighted by Gasteiger charge is -2.31. The van der Waals surface area contributed by atoms with Crippen molar-refractivity contribution in [2.24, 2.45) is 5.92 Å². The van der Waals surface area contributed by atoms with Crippen molar-refractivity contribution in [3.05, 3.63) is 35.9 Å². The zero-order valence-electron chi connectivity index (χ0n) is 15.9. The zero-order valence-corrected chi connectivity index (χ0v) is 15.9. The molecule has 5 heteroatoms. The van der Waals surface area contributed by atoms with Gasteiger partial charge in [-0.3, -0.25) is 4.79 Å². The molecule has 0 aromatic heterocycles. The number of aliphatic hydroxyl groups excluding tert-OH is 1. The van der Waals surface area contributed by atoms with Crippen LogP contribution in [0.5, 0.6) is 0 Å². The number of ether oxygens (including phenoxy) is 2. The van der Waals surface area contributed by atoms with Crippen LogP contribution in [-0.4, -0.2) is 47.5 Å². The number of hydrogen-bond donors (Lipinski definition) is 1. The lowest BCUT2D eigenvalue weighted by Crippen LogP contribution is -2.41. The first-order valence-electron chi connectivity index (χ1n) is 9.02. The topological polar surface area (TPSA) is 59.0 Å². The van der Waals surface area contributed by atoms with Gasteiger partial charge in [-0.1, -0.05) is 37.3 Å². The van der Waals surface area contributed by atoms with E-state index in [9.17, 15) is 9.90 Å². The Morgan fingerprint density at radius 2 is 1.96 bits per heavy atom. The minimum Gasteiger partial charge on any atom is -0.386 e. The van der Waals surface area contributed by atoms with Gasteiger partial charge in [-0.25, -0.2) is 0 Å². The van der Waals surface area contributed by atoms with E-state index in [-0.39, 0.29) is 24.0 Å². The SMILES string of the molecule is C[C@H]([C@H](O)c1ccccc1)N(C)C(=O)[C@@H](C)CC[C@@H]1COC(C)(C)O1. The van der Waals surface area contributed by atoms with Crippen molar-refractivity contribution in [3.8, 4) is 0 Å². The second kappa shape index (κ2) is 8.30. The quantitative estimate of drug-likeness (QED) is 0.822. The van der Waals surface area contributed by atoms with Gasteiger partial charge in [-0.2, -0.15) is 0 Å². The molecule has 0 radical (unpaired) electrons. The average Bonchev–Trinajstić information content (AvgIpc) is 2.96. The highest BCUT2D eigenvalue weighted by Crippen LogP contribution is 2.27. The van der Waals surface area contributed by atoms with E-state index in [1.807, 2.05) is 58.0 Å². The second-order valence-corrected chi connectivity index (χ2v) is 7.47. The molecule has 0 aliphatic carbocycles. The molecular formula is C20H31NO4. The van der Waals surface area contributed by atoms with Crippen LogP contribution in [-0.2, 0) is 14.3 Å². The molecule has 1 aromatic rings. The number of amides is 1. The number of carbonyl (C=O) groups is 1. The highest BCUT2D eigenvalue weighted by Gasteiger charge is 2.33. The van der Waals surface area contributed by atoms with Gasteiger partial charge in [-0.15, -0.1) is 0 Å². The highest BCUT2D eigenvalue weighted by atomic mass is 16.7. The number of hydrogen-bond acceptors (Lipinski definition) is 4. The Hall–Kier alpha value is -1.43. The lowest BCUT2D eigenvalue weighted by molar-refractivity contribution is -0.141. The molecule has 1 N–H and O–H groups in total. The molecule has 0 spiro atoms. The minimum absolute atomic E-state index is 0.0423. The maximum atomic E-state index is 12.7. The Morgan fingerprint density at radius 3 is 2.52 bits per heavy atom.